The molecule has 0 N–H and O–H groups in total. The van der Waals surface area contributed by atoms with Crippen LogP contribution in [0.25, 0.3) is 16.6 Å². The number of nitrogens with zero attached hydrogens (tertiary/aromatic N) is 3. The van der Waals surface area contributed by atoms with Crippen molar-refractivity contribution in [2.24, 2.45) is 5.92 Å². The number of hydrogen-bond donors (Lipinski definition) is 0. The van der Waals surface area contributed by atoms with E-state index in [1.807, 2.05) is 30.0 Å². The molecule has 1 atom stereocenters. The first kappa shape index (κ1) is 26.2. The molecule has 1 unspecified atom stereocenters. The topological polar surface area (TPSA) is 73.7 Å². The molecule has 0 bridgehead atoms. The average Bonchev–Trinajstić information content (AvgIpc) is 2.92. The monoisotopic (exact) mass is 555 g/mol. The van der Waals surface area contributed by atoms with Gasteiger partial charge in [0.2, 0.25) is 5.91 Å². The second-order valence-electron chi connectivity index (χ2n) is 9.33. The molecule has 2 aromatic carbocycles. The number of para-hydroxylation sites is 1. The van der Waals surface area contributed by atoms with Crippen LogP contribution in [0, 0.1) is 5.92 Å². The maximum absolute atomic E-state index is 14.0. The summed E-state index contributed by atoms with van der Waals surface area (Å²) in [4.78, 5) is 34.6. The Labute approximate surface area is 220 Å². The molecule has 36 heavy (non-hydrogen) atoms. The molecule has 7 nitrogen and oxygen atoms in total. The molecule has 192 valence electrons. The third-order valence-electron chi connectivity index (χ3n) is 7.03. The molecule has 1 amide bonds. The first-order valence-corrected chi connectivity index (χ1v) is 13.4. The lowest BCUT2D eigenvalue weighted by Gasteiger charge is -2.34. The van der Waals surface area contributed by atoms with Crippen LogP contribution in [0.4, 0.5) is 0 Å². The third-order valence-corrected chi connectivity index (χ3v) is 7.83. The summed E-state index contributed by atoms with van der Waals surface area (Å²) in [7, 11) is 3.14. The summed E-state index contributed by atoms with van der Waals surface area (Å²) in [5, 5.41) is 0.503. The van der Waals surface area contributed by atoms with Crippen LogP contribution in [0.1, 0.15) is 64.2 Å². The zero-order valence-corrected chi connectivity index (χ0v) is 23.0. The Bertz CT molecular complexity index is 1300. The Morgan fingerprint density at radius 2 is 1.89 bits per heavy atom. The number of methoxy groups -OCH3 is 2. The van der Waals surface area contributed by atoms with E-state index in [9.17, 15) is 9.59 Å². The highest BCUT2D eigenvalue weighted by molar-refractivity contribution is 9.10. The summed E-state index contributed by atoms with van der Waals surface area (Å²) in [5.41, 5.74) is 0.950. The first-order chi connectivity index (χ1) is 17.4. The van der Waals surface area contributed by atoms with Gasteiger partial charge in [0.05, 0.1) is 41.3 Å². The molecular weight excluding hydrogens is 522 g/mol. The number of carbonyl (C=O) groups excluding carboxylic acids is 1. The van der Waals surface area contributed by atoms with Gasteiger partial charge in [-0.3, -0.25) is 14.2 Å². The minimum absolute atomic E-state index is 0.0250. The molecular formula is C28H34BrN3O4. The van der Waals surface area contributed by atoms with E-state index >= 15 is 0 Å². The number of aromatic nitrogens is 2. The zero-order valence-electron chi connectivity index (χ0n) is 21.4. The highest BCUT2D eigenvalue weighted by Crippen LogP contribution is 2.37. The van der Waals surface area contributed by atoms with Crippen LogP contribution in [0.5, 0.6) is 11.5 Å². The molecule has 1 saturated carbocycles. The molecule has 0 spiro atoms. The highest BCUT2D eigenvalue weighted by Gasteiger charge is 2.32. The van der Waals surface area contributed by atoms with Gasteiger partial charge < -0.3 is 14.4 Å². The standard InChI is InChI=1S/C28H34BrN3O4/c1-5-15-31(27(33)19-11-7-6-8-12-19)18(2)26-30-22-14-10-9-13-21(22)28(34)32(26)23-16-20(35-3)17-24(36-4)25(23)29/h9-10,13-14,16-19H,5-8,11-12,15H2,1-4H3. The van der Waals surface area contributed by atoms with Crippen molar-refractivity contribution in [3.8, 4) is 17.2 Å². The van der Waals surface area contributed by atoms with Crippen LogP contribution in [-0.4, -0.2) is 41.1 Å². The fourth-order valence-electron chi connectivity index (χ4n) is 5.11. The van der Waals surface area contributed by atoms with Gasteiger partial charge in [0.1, 0.15) is 17.3 Å². The SMILES string of the molecule is CCCN(C(=O)C1CCCCC1)C(C)c1nc2ccccc2c(=O)n1-c1cc(OC)cc(OC)c1Br. The lowest BCUT2D eigenvalue weighted by molar-refractivity contribution is -0.139. The number of rotatable bonds is 8. The zero-order chi connectivity index (χ0) is 25.8. The van der Waals surface area contributed by atoms with Crippen molar-refractivity contribution in [3.05, 3.63) is 57.0 Å². The summed E-state index contributed by atoms with van der Waals surface area (Å²) in [5.74, 6) is 1.77. The fraction of sp³-hybridized carbons (Fsp3) is 0.464. The molecule has 8 heteroatoms. The molecule has 0 aliphatic heterocycles. The van der Waals surface area contributed by atoms with Gasteiger partial charge in [0.15, 0.2) is 0 Å². The Morgan fingerprint density at radius 1 is 1.17 bits per heavy atom. The predicted molar refractivity (Wildman–Crippen MR) is 145 cm³/mol. The van der Waals surface area contributed by atoms with Crippen molar-refractivity contribution < 1.29 is 14.3 Å². The number of amides is 1. The second-order valence-corrected chi connectivity index (χ2v) is 10.1. The van der Waals surface area contributed by atoms with Crippen LogP contribution in [0.3, 0.4) is 0 Å². The highest BCUT2D eigenvalue weighted by atomic mass is 79.9. The van der Waals surface area contributed by atoms with Crippen molar-refractivity contribution in [2.45, 2.75) is 58.4 Å². The van der Waals surface area contributed by atoms with Crippen molar-refractivity contribution in [2.75, 3.05) is 20.8 Å². The smallest absolute Gasteiger partial charge is 0.266 e. The first-order valence-electron chi connectivity index (χ1n) is 12.6. The molecule has 1 aliphatic carbocycles. The van der Waals surface area contributed by atoms with E-state index in [0.29, 0.717) is 44.9 Å². The van der Waals surface area contributed by atoms with Crippen molar-refractivity contribution in [1.29, 1.82) is 0 Å². The van der Waals surface area contributed by atoms with Crippen LogP contribution in [0.15, 0.2) is 45.7 Å². The normalized spacial score (nSPS) is 15.0. The van der Waals surface area contributed by atoms with E-state index in [1.54, 1.807) is 37.0 Å². The summed E-state index contributed by atoms with van der Waals surface area (Å²) >= 11 is 3.63. The summed E-state index contributed by atoms with van der Waals surface area (Å²) < 4.78 is 13.3. The number of benzene rings is 2. The van der Waals surface area contributed by atoms with Gasteiger partial charge in [-0.15, -0.1) is 0 Å². The van der Waals surface area contributed by atoms with Gasteiger partial charge in [0.25, 0.3) is 5.56 Å². The van der Waals surface area contributed by atoms with Crippen LogP contribution in [-0.2, 0) is 4.79 Å². The number of halogens is 1. The van der Waals surface area contributed by atoms with Gasteiger partial charge in [-0.05, 0) is 54.2 Å². The average molecular weight is 557 g/mol. The Morgan fingerprint density at radius 3 is 2.56 bits per heavy atom. The Hall–Kier alpha value is -2.87. The van der Waals surface area contributed by atoms with E-state index in [-0.39, 0.29) is 17.4 Å². The molecule has 0 saturated heterocycles. The molecule has 3 aromatic rings. The van der Waals surface area contributed by atoms with E-state index in [1.165, 1.54) is 6.42 Å². The quantitative estimate of drug-likeness (QED) is 0.338. The van der Waals surface area contributed by atoms with Gasteiger partial charge in [-0.25, -0.2) is 4.98 Å². The van der Waals surface area contributed by atoms with E-state index in [2.05, 4.69) is 22.9 Å². The molecule has 1 heterocycles. The van der Waals surface area contributed by atoms with E-state index in [0.717, 1.165) is 32.1 Å². The number of hydrogen-bond acceptors (Lipinski definition) is 5. The Balaban J connectivity index is 1.94. The minimum atomic E-state index is -0.416. The largest absolute Gasteiger partial charge is 0.497 e. The summed E-state index contributed by atoms with van der Waals surface area (Å²) in [6, 6.07) is 10.4. The van der Waals surface area contributed by atoms with E-state index < -0.39 is 6.04 Å². The summed E-state index contributed by atoms with van der Waals surface area (Å²) in [6.07, 6.45) is 6.01. The fourth-order valence-corrected chi connectivity index (χ4v) is 5.68. The molecule has 1 fully saturated rings. The van der Waals surface area contributed by atoms with Crippen molar-refractivity contribution in [3.63, 3.8) is 0 Å². The lowest BCUT2D eigenvalue weighted by Crippen LogP contribution is -2.41. The van der Waals surface area contributed by atoms with Gasteiger partial charge in [-0.1, -0.05) is 38.3 Å². The van der Waals surface area contributed by atoms with Gasteiger partial charge in [0, 0.05) is 24.6 Å². The molecule has 1 aromatic heterocycles. The van der Waals surface area contributed by atoms with Crippen molar-refractivity contribution in [1.82, 2.24) is 14.5 Å². The van der Waals surface area contributed by atoms with Gasteiger partial charge in [-0.2, -0.15) is 0 Å². The number of ether oxygens (including phenoxy) is 2. The van der Waals surface area contributed by atoms with E-state index in [4.69, 9.17) is 14.5 Å². The number of fused-ring (bicyclic) bond motifs is 1. The number of carbonyl (C=O) groups is 1. The molecule has 1 aliphatic rings. The second kappa shape index (κ2) is 11.5. The minimum Gasteiger partial charge on any atom is -0.497 e. The van der Waals surface area contributed by atoms with Gasteiger partial charge >= 0.3 is 0 Å². The molecule has 0 radical (unpaired) electrons. The van der Waals surface area contributed by atoms with Crippen LogP contribution < -0.4 is 15.0 Å². The predicted octanol–water partition coefficient (Wildman–Crippen LogP) is 6.05. The van der Waals surface area contributed by atoms with Crippen LogP contribution >= 0.6 is 15.9 Å². The third kappa shape index (κ3) is 5.01. The van der Waals surface area contributed by atoms with Crippen molar-refractivity contribution >= 4 is 32.7 Å². The summed E-state index contributed by atoms with van der Waals surface area (Å²) in [6.45, 7) is 4.63. The lowest BCUT2D eigenvalue weighted by atomic mass is 9.88. The Kier molecular flexibility index (Phi) is 8.34. The molecule has 4 rings (SSSR count). The van der Waals surface area contributed by atoms with Crippen LogP contribution in [0.2, 0.25) is 0 Å². The maximum atomic E-state index is 14.0. The maximum Gasteiger partial charge on any atom is 0.266 e.